The third-order valence-electron chi connectivity index (χ3n) is 6.19. The number of aryl methyl sites for hydroxylation is 1. The van der Waals surface area contributed by atoms with Crippen molar-refractivity contribution >= 4 is 29.3 Å². The van der Waals surface area contributed by atoms with Crippen LogP contribution in [0.5, 0.6) is 0 Å². The molecule has 0 aliphatic carbocycles. The lowest BCUT2D eigenvalue weighted by atomic mass is 9.96. The van der Waals surface area contributed by atoms with Gasteiger partial charge in [0.1, 0.15) is 0 Å². The maximum absolute atomic E-state index is 12.7. The van der Waals surface area contributed by atoms with Crippen LogP contribution in [0.1, 0.15) is 57.9 Å². The number of ketones is 1. The van der Waals surface area contributed by atoms with E-state index in [1.165, 1.54) is 0 Å². The van der Waals surface area contributed by atoms with E-state index in [2.05, 4.69) is 4.57 Å². The molecular weight excluding hydrogens is 444 g/mol. The third-order valence-corrected chi connectivity index (χ3v) is 6.44. The molecule has 2 aromatic rings. The van der Waals surface area contributed by atoms with Crippen molar-refractivity contribution < 1.29 is 23.9 Å². The zero-order valence-electron chi connectivity index (χ0n) is 19.6. The minimum Gasteiger partial charge on any atom is -0.457 e. The lowest BCUT2D eigenvalue weighted by Gasteiger charge is -2.31. The highest BCUT2D eigenvalue weighted by Crippen LogP contribution is 2.23. The summed E-state index contributed by atoms with van der Waals surface area (Å²) < 4.78 is 12.7. The maximum atomic E-state index is 12.7. The van der Waals surface area contributed by atoms with Crippen LogP contribution in [-0.2, 0) is 14.3 Å². The number of amides is 1. The second-order valence-corrected chi connectivity index (χ2v) is 9.00. The second-order valence-electron chi connectivity index (χ2n) is 8.56. The Kier molecular flexibility index (Phi) is 8.32. The molecule has 1 fully saturated rings. The van der Waals surface area contributed by atoms with Gasteiger partial charge in [0.25, 0.3) is 5.91 Å². The summed E-state index contributed by atoms with van der Waals surface area (Å²) in [6, 6.07) is 8.70. The van der Waals surface area contributed by atoms with Crippen LogP contribution >= 0.6 is 11.6 Å². The summed E-state index contributed by atoms with van der Waals surface area (Å²) in [7, 11) is 1.65. The standard InChI is InChI=1S/C25H31ClN2O5/c1-16-13-22(18(3)28(16)17(2)14-32-4)23(29)15-33-25(31)20-9-11-27(12-10-20)24(30)19-5-7-21(26)8-6-19/h5-8,13,17,20H,9-12,14-15H2,1-4H3. The summed E-state index contributed by atoms with van der Waals surface area (Å²) in [5.41, 5.74) is 2.94. The number of Topliss-reactive ketones (excluding diaryl/α,β-unsaturated/α-hetero) is 1. The molecule has 1 atom stereocenters. The van der Waals surface area contributed by atoms with E-state index in [0.29, 0.717) is 48.7 Å². The van der Waals surface area contributed by atoms with Crippen LogP contribution in [0, 0.1) is 19.8 Å². The molecule has 1 unspecified atom stereocenters. The number of carbonyl (C=O) groups is 3. The fourth-order valence-corrected chi connectivity index (χ4v) is 4.60. The van der Waals surface area contributed by atoms with Crippen molar-refractivity contribution in [2.24, 2.45) is 5.92 Å². The number of hydrogen-bond donors (Lipinski definition) is 0. The first-order valence-electron chi connectivity index (χ1n) is 11.1. The highest BCUT2D eigenvalue weighted by Gasteiger charge is 2.29. The molecule has 1 aromatic carbocycles. The number of esters is 1. The minimum atomic E-state index is -0.386. The van der Waals surface area contributed by atoms with Crippen molar-refractivity contribution in [2.45, 2.75) is 39.7 Å². The van der Waals surface area contributed by atoms with Crippen LogP contribution < -0.4 is 0 Å². The Morgan fingerprint density at radius 3 is 2.36 bits per heavy atom. The summed E-state index contributed by atoms with van der Waals surface area (Å²) in [6.07, 6.45) is 1.02. The van der Waals surface area contributed by atoms with Gasteiger partial charge in [-0.3, -0.25) is 14.4 Å². The minimum absolute atomic E-state index is 0.0771. The molecule has 0 spiro atoms. The second kappa shape index (κ2) is 11.0. The van der Waals surface area contributed by atoms with Gasteiger partial charge in [-0.1, -0.05) is 11.6 Å². The van der Waals surface area contributed by atoms with Crippen LogP contribution in [0.3, 0.4) is 0 Å². The van der Waals surface area contributed by atoms with Gasteiger partial charge in [0.05, 0.1) is 18.6 Å². The van der Waals surface area contributed by atoms with E-state index in [9.17, 15) is 14.4 Å². The molecule has 1 amide bonds. The summed E-state index contributed by atoms with van der Waals surface area (Å²) in [5, 5.41) is 0.578. The predicted molar refractivity (Wildman–Crippen MR) is 126 cm³/mol. The van der Waals surface area contributed by atoms with Crippen LogP contribution in [0.2, 0.25) is 5.02 Å². The highest BCUT2D eigenvalue weighted by atomic mass is 35.5. The predicted octanol–water partition coefficient (Wildman–Crippen LogP) is 4.24. The van der Waals surface area contributed by atoms with Crippen LogP contribution in [-0.4, -0.2) is 60.5 Å². The maximum Gasteiger partial charge on any atom is 0.309 e. The van der Waals surface area contributed by atoms with E-state index in [-0.39, 0.29) is 36.2 Å². The Morgan fingerprint density at radius 2 is 1.76 bits per heavy atom. The molecule has 178 valence electrons. The molecular formula is C25H31ClN2O5. The SMILES string of the molecule is COCC(C)n1c(C)cc(C(=O)COC(=O)C2CCN(C(=O)c3ccc(Cl)cc3)CC2)c1C. The number of aromatic nitrogens is 1. The van der Waals surface area contributed by atoms with Crippen LogP contribution in [0.15, 0.2) is 30.3 Å². The number of nitrogens with zero attached hydrogens (tertiary/aromatic N) is 2. The molecule has 0 bridgehead atoms. The fourth-order valence-electron chi connectivity index (χ4n) is 4.48. The average molecular weight is 475 g/mol. The lowest BCUT2D eigenvalue weighted by Crippen LogP contribution is -2.40. The quantitative estimate of drug-likeness (QED) is 0.422. The first-order valence-corrected chi connectivity index (χ1v) is 11.5. The van der Waals surface area contributed by atoms with Gasteiger partial charge in [-0.15, -0.1) is 0 Å². The molecule has 1 aromatic heterocycles. The molecule has 0 saturated carbocycles. The lowest BCUT2D eigenvalue weighted by molar-refractivity contribution is -0.148. The number of carbonyl (C=O) groups excluding carboxylic acids is 3. The van der Waals surface area contributed by atoms with E-state index < -0.39 is 0 Å². The summed E-state index contributed by atoms with van der Waals surface area (Å²) in [6.45, 7) is 7.05. The Bertz CT molecular complexity index is 1010. The first kappa shape index (κ1) is 25.0. The van der Waals surface area contributed by atoms with Crippen molar-refractivity contribution in [1.29, 1.82) is 0 Å². The molecule has 3 rings (SSSR count). The van der Waals surface area contributed by atoms with Crippen LogP contribution in [0.4, 0.5) is 0 Å². The number of rotatable bonds is 8. The van der Waals surface area contributed by atoms with Gasteiger partial charge in [0.2, 0.25) is 5.78 Å². The normalized spacial score (nSPS) is 15.4. The van der Waals surface area contributed by atoms with Crippen molar-refractivity contribution in [2.75, 3.05) is 33.4 Å². The smallest absolute Gasteiger partial charge is 0.309 e. The molecule has 1 aliphatic rings. The van der Waals surface area contributed by atoms with Crippen LogP contribution in [0.25, 0.3) is 0 Å². The molecule has 2 heterocycles. The number of halogens is 1. The van der Waals surface area contributed by atoms with E-state index >= 15 is 0 Å². The fraction of sp³-hybridized carbons (Fsp3) is 0.480. The van der Waals surface area contributed by atoms with Gasteiger partial charge in [-0.2, -0.15) is 0 Å². The molecule has 33 heavy (non-hydrogen) atoms. The van der Waals surface area contributed by atoms with Crippen molar-refractivity contribution in [1.82, 2.24) is 9.47 Å². The molecule has 0 radical (unpaired) electrons. The largest absolute Gasteiger partial charge is 0.457 e. The van der Waals surface area contributed by atoms with E-state index in [1.807, 2.05) is 26.8 Å². The molecule has 1 saturated heterocycles. The Labute approximate surface area is 199 Å². The number of hydrogen-bond acceptors (Lipinski definition) is 5. The molecule has 8 heteroatoms. The Morgan fingerprint density at radius 1 is 1.12 bits per heavy atom. The van der Waals surface area contributed by atoms with Gasteiger partial charge >= 0.3 is 5.97 Å². The van der Waals surface area contributed by atoms with Crippen molar-refractivity contribution in [3.63, 3.8) is 0 Å². The zero-order valence-corrected chi connectivity index (χ0v) is 20.4. The van der Waals surface area contributed by atoms with Gasteiger partial charge in [-0.25, -0.2) is 0 Å². The zero-order chi connectivity index (χ0) is 24.1. The number of ether oxygens (including phenoxy) is 2. The number of piperidine rings is 1. The molecule has 1 aliphatic heterocycles. The van der Waals surface area contributed by atoms with Gasteiger partial charge in [-0.05, 0) is 63.9 Å². The topological polar surface area (TPSA) is 77.8 Å². The van der Waals surface area contributed by atoms with Gasteiger partial charge in [0, 0.05) is 47.7 Å². The number of benzene rings is 1. The average Bonchev–Trinajstić information content (AvgIpc) is 3.11. The van der Waals surface area contributed by atoms with E-state index in [1.54, 1.807) is 36.3 Å². The van der Waals surface area contributed by atoms with Crippen molar-refractivity contribution in [3.05, 3.63) is 57.9 Å². The van der Waals surface area contributed by atoms with E-state index in [4.69, 9.17) is 21.1 Å². The summed E-state index contributed by atoms with van der Waals surface area (Å²) in [4.78, 5) is 39.6. The third kappa shape index (κ3) is 5.84. The molecule has 7 nitrogen and oxygen atoms in total. The highest BCUT2D eigenvalue weighted by molar-refractivity contribution is 6.30. The summed E-state index contributed by atoms with van der Waals surface area (Å²) in [5.74, 6) is -1.00. The van der Waals surface area contributed by atoms with Gasteiger partial charge < -0.3 is 18.9 Å². The summed E-state index contributed by atoms with van der Waals surface area (Å²) >= 11 is 5.88. The van der Waals surface area contributed by atoms with Crippen molar-refractivity contribution in [3.8, 4) is 0 Å². The molecule has 0 N–H and O–H groups in total. The first-order chi connectivity index (χ1) is 15.7. The number of methoxy groups -OCH3 is 1. The van der Waals surface area contributed by atoms with Gasteiger partial charge in [0.15, 0.2) is 6.61 Å². The monoisotopic (exact) mass is 474 g/mol. The number of likely N-dealkylation sites (tertiary alicyclic amines) is 1. The van der Waals surface area contributed by atoms with E-state index in [0.717, 1.165) is 11.4 Å². The Balaban J connectivity index is 1.52. The Hall–Kier alpha value is -2.64.